The SMILES string of the molecule is O=C1c2ccccc2C(=C2C=C(c3ccccc3)SS2)c2ccccc21. The summed E-state index contributed by atoms with van der Waals surface area (Å²) in [5.74, 6) is 0.114. The molecule has 0 fully saturated rings. The molecular formula is C23H14OS2. The van der Waals surface area contributed by atoms with E-state index in [2.05, 4.69) is 42.5 Å². The zero-order valence-electron chi connectivity index (χ0n) is 13.8. The quantitative estimate of drug-likeness (QED) is 0.360. The van der Waals surface area contributed by atoms with Gasteiger partial charge in [-0.2, -0.15) is 0 Å². The summed E-state index contributed by atoms with van der Waals surface area (Å²) in [6, 6.07) is 26.3. The van der Waals surface area contributed by atoms with E-state index in [1.54, 1.807) is 21.6 Å². The lowest BCUT2D eigenvalue weighted by Crippen LogP contribution is -2.14. The summed E-state index contributed by atoms with van der Waals surface area (Å²) in [5, 5.41) is 0. The second-order valence-electron chi connectivity index (χ2n) is 6.20. The Morgan fingerprint density at radius 3 is 1.73 bits per heavy atom. The molecule has 1 aliphatic carbocycles. The third kappa shape index (κ3) is 2.47. The Hall–Kier alpha value is -2.49. The van der Waals surface area contributed by atoms with Gasteiger partial charge in [0.05, 0.1) is 0 Å². The van der Waals surface area contributed by atoms with Crippen molar-refractivity contribution in [1.82, 2.24) is 0 Å². The topological polar surface area (TPSA) is 17.1 Å². The van der Waals surface area contributed by atoms with Crippen molar-refractivity contribution >= 4 is 37.8 Å². The van der Waals surface area contributed by atoms with Crippen molar-refractivity contribution in [2.24, 2.45) is 0 Å². The number of rotatable bonds is 1. The second-order valence-corrected chi connectivity index (χ2v) is 8.41. The van der Waals surface area contributed by atoms with Crippen molar-refractivity contribution in [3.8, 4) is 0 Å². The number of hydrogen-bond acceptors (Lipinski definition) is 3. The van der Waals surface area contributed by atoms with E-state index in [0.717, 1.165) is 22.3 Å². The van der Waals surface area contributed by atoms with E-state index in [1.165, 1.54) is 20.9 Å². The lowest BCUT2D eigenvalue weighted by molar-refractivity contribution is 0.103. The van der Waals surface area contributed by atoms with Gasteiger partial charge in [-0.15, -0.1) is 0 Å². The van der Waals surface area contributed by atoms with Crippen LogP contribution in [0.4, 0.5) is 0 Å². The third-order valence-electron chi connectivity index (χ3n) is 4.67. The molecule has 0 radical (unpaired) electrons. The van der Waals surface area contributed by atoms with Gasteiger partial charge in [0.25, 0.3) is 0 Å². The van der Waals surface area contributed by atoms with Crippen LogP contribution in [-0.2, 0) is 0 Å². The molecule has 26 heavy (non-hydrogen) atoms. The standard InChI is InChI=1S/C23H14OS2/c24-23-18-12-6-4-10-16(18)22(17-11-5-7-13-19(17)23)21-14-20(25-26-21)15-8-2-1-3-9-15/h1-14H. The largest absolute Gasteiger partial charge is 0.289 e. The monoisotopic (exact) mass is 370 g/mol. The Kier molecular flexibility index (Phi) is 3.84. The van der Waals surface area contributed by atoms with E-state index in [9.17, 15) is 4.79 Å². The summed E-state index contributed by atoms with van der Waals surface area (Å²) in [7, 11) is 3.55. The molecule has 0 amide bonds. The molecule has 3 aromatic carbocycles. The van der Waals surface area contributed by atoms with Gasteiger partial charge in [-0.3, -0.25) is 4.79 Å². The minimum Gasteiger partial charge on any atom is -0.289 e. The summed E-state index contributed by atoms with van der Waals surface area (Å²) in [4.78, 5) is 15.4. The average molecular weight is 370 g/mol. The van der Waals surface area contributed by atoms with Gasteiger partial charge in [-0.05, 0) is 22.8 Å². The van der Waals surface area contributed by atoms with Crippen LogP contribution in [0.2, 0.25) is 0 Å². The van der Waals surface area contributed by atoms with Gasteiger partial charge >= 0.3 is 0 Å². The van der Waals surface area contributed by atoms with Crippen LogP contribution < -0.4 is 0 Å². The molecular weight excluding hydrogens is 356 g/mol. The van der Waals surface area contributed by atoms with E-state index >= 15 is 0 Å². The minimum atomic E-state index is 0.114. The first-order chi connectivity index (χ1) is 12.8. The maximum Gasteiger partial charge on any atom is 0.194 e. The number of ketones is 1. The number of benzene rings is 3. The van der Waals surface area contributed by atoms with Gasteiger partial charge in [0.15, 0.2) is 5.78 Å². The highest BCUT2D eigenvalue weighted by Gasteiger charge is 2.29. The normalized spacial score (nSPS) is 15.5. The van der Waals surface area contributed by atoms with Crippen LogP contribution in [-0.4, -0.2) is 5.78 Å². The van der Waals surface area contributed by atoms with E-state index in [-0.39, 0.29) is 5.78 Å². The van der Waals surface area contributed by atoms with Crippen molar-refractivity contribution in [2.45, 2.75) is 0 Å². The fraction of sp³-hybridized carbons (Fsp3) is 0. The molecule has 1 heterocycles. The van der Waals surface area contributed by atoms with Gasteiger partial charge < -0.3 is 0 Å². The summed E-state index contributed by atoms with van der Waals surface area (Å²) in [5.41, 5.74) is 6.05. The molecule has 0 saturated heterocycles. The summed E-state index contributed by atoms with van der Waals surface area (Å²) in [6.45, 7) is 0. The predicted molar refractivity (Wildman–Crippen MR) is 112 cm³/mol. The summed E-state index contributed by atoms with van der Waals surface area (Å²) in [6.07, 6.45) is 2.25. The number of hydrogen-bond donors (Lipinski definition) is 0. The molecule has 5 rings (SSSR count). The molecule has 1 nitrogen and oxygen atoms in total. The Labute approximate surface area is 160 Å². The van der Waals surface area contributed by atoms with Crippen LogP contribution in [0.1, 0.15) is 32.6 Å². The highest BCUT2D eigenvalue weighted by atomic mass is 33.1. The van der Waals surface area contributed by atoms with Crippen molar-refractivity contribution in [2.75, 3.05) is 0 Å². The molecule has 124 valence electrons. The van der Waals surface area contributed by atoms with Crippen molar-refractivity contribution in [3.05, 3.63) is 118 Å². The molecule has 1 aliphatic heterocycles. The number of carbonyl (C=O) groups excluding carboxylic acids is 1. The van der Waals surface area contributed by atoms with Gasteiger partial charge in [0.2, 0.25) is 0 Å². The van der Waals surface area contributed by atoms with Gasteiger partial charge in [-0.1, -0.05) is 100 Å². The molecule has 0 bridgehead atoms. The second kappa shape index (κ2) is 6.35. The zero-order valence-corrected chi connectivity index (χ0v) is 15.4. The maximum atomic E-state index is 12.9. The van der Waals surface area contributed by atoms with E-state index < -0.39 is 0 Å². The Balaban J connectivity index is 1.75. The first kappa shape index (κ1) is 15.7. The Morgan fingerprint density at radius 1 is 0.577 bits per heavy atom. The van der Waals surface area contributed by atoms with Crippen molar-refractivity contribution in [1.29, 1.82) is 0 Å². The number of allylic oxidation sites excluding steroid dienone is 1. The summed E-state index contributed by atoms with van der Waals surface area (Å²) >= 11 is 0. The number of fused-ring (bicyclic) bond motifs is 2. The molecule has 2 aliphatic rings. The molecule has 0 N–H and O–H groups in total. The molecule has 3 aromatic rings. The fourth-order valence-electron chi connectivity index (χ4n) is 3.46. The number of carbonyl (C=O) groups is 1. The predicted octanol–water partition coefficient (Wildman–Crippen LogP) is 6.43. The molecule has 0 unspecified atom stereocenters. The van der Waals surface area contributed by atoms with Gasteiger partial charge in [-0.25, -0.2) is 0 Å². The first-order valence-electron chi connectivity index (χ1n) is 8.42. The molecule has 0 atom stereocenters. The third-order valence-corrected chi connectivity index (χ3v) is 7.12. The Bertz CT molecular complexity index is 1040. The highest BCUT2D eigenvalue weighted by molar-refractivity contribution is 8.82. The smallest absolute Gasteiger partial charge is 0.194 e. The van der Waals surface area contributed by atoms with Crippen LogP contribution in [0, 0.1) is 0 Å². The zero-order chi connectivity index (χ0) is 17.5. The Morgan fingerprint density at radius 2 is 1.12 bits per heavy atom. The lowest BCUT2D eigenvalue weighted by Gasteiger charge is -2.22. The van der Waals surface area contributed by atoms with E-state index in [4.69, 9.17) is 0 Å². The fourth-order valence-corrected chi connectivity index (χ4v) is 5.95. The molecule has 0 spiro atoms. The van der Waals surface area contributed by atoms with E-state index in [1.807, 2.05) is 42.5 Å². The molecule has 0 aromatic heterocycles. The van der Waals surface area contributed by atoms with Crippen molar-refractivity contribution in [3.63, 3.8) is 0 Å². The lowest BCUT2D eigenvalue weighted by atomic mass is 9.81. The van der Waals surface area contributed by atoms with Crippen LogP contribution in [0.15, 0.2) is 89.8 Å². The van der Waals surface area contributed by atoms with Crippen LogP contribution in [0.5, 0.6) is 0 Å². The first-order valence-corrected chi connectivity index (χ1v) is 10.6. The van der Waals surface area contributed by atoms with Crippen LogP contribution in [0.25, 0.3) is 10.5 Å². The minimum absolute atomic E-state index is 0.114. The summed E-state index contributed by atoms with van der Waals surface area (Å²) < 4.78 is 0. The average Bonchev–Trinajstić information content (AvgIpc) is 3.19. The van der Waals surface area contributed by atoms with Crippen LogP contribution >= 0.6 is 21.6 Å². The maximum absolute atomic E-state index is 12.9. The van der Waals surface area contributed by atoms with Gasteiger partial charge in [0, 0.05) is 26.5 Å². The van der Waals surface area contributed by atoms with Crippen LogP contribution in [0.3, 0.4) is 0 Å². The van der Waals surface area contributed by atoms with E-state index in [0.29, 0.717) is 0 Å². The van der Waals surface area contributed by atoms with Gasteiger partial charge in [0.1, 0.15) is 0 Å². The molecule has 3 heteroatoms. The van der Waals surface area contributed by atoms with Crippen molar-refractivity contribution < 1.29 is 4.79 Å². The highest BCUT2D eigenvalue weighted by Crippen LogP contribution is 2.53. The molecule has 0 saturated carbocycles.